The molecule has 5 nitrogen and oxygen atoms in total. The summed E-state index contributed by atoms with van der Waals surface area (Å²) in [6.07, 6.45) is 1.29. The van der Waals surface area contributed by atoms with Crippen molar-refractivity contribution in [2.75, 3.05) is 7.11 Å². The average Bonchev–Trinajstić information content (AvgIpc) is 2.16. The topological polar surface area (TPSA) is 67.4 Å². The molecule has 72 valence electrons. The summed E-state index contributed by atoms with van der Waals surface area (Å²) in [5.74, 6) is -0.868. The van der Waals surface area contributed by atoms with Gasteiger partial charge in [0.1, 0.15) is 0 Å². The number of amides is 2. The van der Waals surface area contributed by atoms with Crippen LogP contribution in [-0.2, 0) is 14.3 Å². The van der Waals surface area contributed by atoms with E-state index in [9.17, 15) is 9.59 Å². The first kappa shape index (κ1) is 11.4. The van der Waals surface area contributed by atoms with Gasteiger partial charge >= 0.3 is 0 Å². The minimum atomic E-state index is -0.865. The Morgan fingerprint density at radius 3 is 1.85 bits per heavy atom. The van der Waals surface area contributed by atoms with Crippen molar-refractivity contribution < 1.29 is 14.3 Å². The first-order valence-corrected chi connectivity index (χ1v) is 3.52. The molecule has 0 unspecified atom stereocenters. The monoisotopic (exact) mass is 184 g/mol. The summed E-state index contributed by atoms with van der Waals surface area (Å²) in [6.45, 7) is 6.49. The molecule has 0 bridgehead atoms. The van der Waals surface area contributed by atoms with E-state index in [1.165, 1.54) is 7.11 Å². The third-order valence-corrected chi connectivity index (χ3v) is 1.15. The van der Waals surface area contributed by atoms with E-state index in [2.05, 4.69) is 23.8 Å². The minimum Gasteiger partial charge on any atom is -0.344 e. The zero-order valence-corrected chi connectivity index (χ0v) is 7.37. The molecule has 0 aromatic rings. The molecule has 2 N–H and O–H groups in total. The smallest absolute Gasteiger partial charge is 0.246 e. The Morgan fingerprint density at radius 1 is 1.23 bits per heavy atom. The molecule has 0 saturated carbocycles. The average molecular weight is 184 g/mol. The Bertz CT molecular complexity index is 203. The van der Waals surface area contributed by atoms with Crippen LogP contribution in [0.4, 0.5) is 0 Å². The van der Waals surface area contributed by atoms with Crippen LogP contribution in [0.25, 0.3) is 0 Å². The quantitative estimate of drug-likeness (QED) is 0.448. The molecule has 0 aromatic heterocycles. The second-order valence-electron chi connectivity index (χ2n) is 2.04. The summed E-state index contributed by atoms with van der Waals surface area (Å²) in [5, 5.41) is 4.65. The van der Waals surface area contributed by atoms with Crippen LogP contribution < -0.4 is 10.6 Å². The van der Waals surface area contributed by atoms with Gasteiger partial charge in [0.05, 0.1) is 0 Å². The molecule has 0 aliphatic rings. The minimum absolute atomic E-state index is 0.434. The van der Waals surface area contributed by atoms with Crippen molar-refractivity contribution >= 4 is 11.8 Å². The van der Waals surface area contributed by atoms with Gasteiger partial charge in [0.2, 0.25) is 18.2 Å². The molecule has 0 aliphatic heterocycles. The van der Waals surface area contributed by atoms with E-state index in [1.54, 1.807) is 0 Å². The molecule has 13 heavy (non-hydrogen) atoms. The zero-order valence-electron chi connectivity index (χ0n) is 7.37. The number of hydrogen-bond acceptors (Lipinski definition) is 3. The van der Waals surface area contributed by atoms with E-state index in [0.29, 0.717) is 0 Å². The van der Waals surface area contributed by atoms with Gasteiger partial charge in [-0.15, -0.1) is 0 Å². The Labute approximate surface area is 76.5 Å². The van der Waals surface area contributed by atoms with Crippen molar-refractivity contribution in [1.29, 1.82) is 0 Å². The van der Waals surface area contributed by atoms with Crippen molar-refractivity contribution in [2.24, 2.45) is 0 Å². The fraction of sp³-hybridized carbons (Fsp3) is 0.250. The van der Waals surface area contributed by atoms with Gasteiger partial charge < -0.3 is 15.4 Å². The summed E-state index contributed by atoms with van der Waals surface area (Å²) in [5.41, 5.74) is 0. The summed E-state index contributed by atoms with van der Waals surface area (Å²) in [6, 6.07) is 0. The van der Waals surface area contributed by atoms with E-state index < -0.39 is 18.2 Å². The van der Waals surface area contributed by atoms with E-state index in [0.717, 1.165) is 12.2 Å². The van der Waals surface area contributed by atoms with Crippen LogP contribution in [0.15, 0.2) is 25.3 Å². The maximum atomic E-state index is 10.8. The Hall–Kier alpha value is -1.62. The number of ether oxygens (including phenoxy) is 1. The Kier molecular flexibility index (Phi) is 5.22. The van der Waals surface area contributed by atoms with Crippen LogP contribution >= 0.6 is 0 Å². The van der Waals surface area contributed by atoms with Gasteiger partial charge in [-0.25, -0.2) is 0 Å². The standard InChI is InChI=1S/C8H12N2O3/c1-4-6(11)9-8(13-3)10-7(12)5-2/h4-5,8H,1-2H2,3H3,(H,9,11)(H,10,12). The molecule has 0 aromatic carbocycles. The maximum Gasteiger partial charge on any atom is 0.246 e. The lowest BCUT2D eigenvalue weighted by molar-refractivity contribution is -0.125. The number of nitrogens with one attached hydrogen (secondary N) is 2. The summed E-state index contributed by atoms with van der Waals surface area (Å²) < 4.78 is 4.74. The summed E-state index contributed by atoms with van der Waals surface area (Å²) in [7, 11) is 1.34. The second kappa shape index (κ2) is 5.96. The van der Waals surface area contributed by atoms with Crippen molar-refractivity contribution in [3.63, 3.8) is 0 Å². The van der Waals surface area contributed by atoms with Crippen LogP contribution in [0.5, 0.6) is 0 Å². The molecular weight excluding hydrogens is 172 g/mol. The molecule has 0 aliphatic carbocycles. The van der Waals surface area contributed by atoms with Gasteiger partial charge in [-0.1, -0.05) is 13.2 Å². The predicted octanol–water partition coefficient (Wildman–Crippen LogP) is -0.479. The number of rotatable bonds is 5. The molecule has 0 fully saturated rings. The largest absolute Gasteiger partial charge is 0.344 e. The van der Waals surface area contributed by atoms with Crippen molar-refractivity contribution in [1.82, 2.24) is 10.6 Å². The highest BCUT2D eigenvalue weighted by Gasteiger charge is 2.09. The SMILES string of the molecule is C=CC(=O)NC(NC(=O)C=C)OC. The highest BCUT2D eigenvalue weighted by atomic mass is 16.5. The molecule has 0 rings (SSSR count). The first-order chi connectivity index (χ1) is 6.13. The Morgan fingerprint density at radius 2 is 1.62 bits per heavy atom. The third kappa shape index (κ3) is 4.76. The summed E-state index contributed by atoms with van der Waals surface area (Å²) >= 11 is 0. The number of carbonyl (C=O) groups is 2. The molecule has 0 spiro atoms. The lowest BCUT2D eigenvalue weighted by atomic mass is 10.5. The van der Waals surface area contributed by atoms with Gasteiger partial charge in [-0.2, -0.15) is 0 Å². The van der Waals surface area contributed by atoms with Crippen LogP contribution in [0, 0.1) is 0 Å². The number of carbonyl (C=O) groups excluding carboxylic acids is 2. The van der Waals surface area contributed by atoms with Crippen LogP contribution in [0.3, 0.4) is 0 Å². The molecule has 5 heteroatoms. The third-order valence-electron chi connectivity index (χ3n) is 1.15. The Balaban J connectivity index is 4.02. The molecule has 0 saturated heterocycles. The molecule has 0 atom stereocenters. The highest BCUT2D eigenvalue weighted by Crippen LogP contribution is 1.80. The fourth-order valence-corrected chi connectivity index (χ4v) is 0.530. The van der Waals surface area contributed by atoms with E-state index in [1.807, 2.05) is 0 Å². The van der Waals surface area contributed by atoms with Crippen LogP contribution in [0.1, 0.15) is 0 Å². The predicted molar refractivity (Wildman–Crippen MR) is 47.5 cm³/mol. The maximum absolute atomic E-state index is 10.8. The van der Waals surface area contributed by atoms with Crippen LogP contribution in [0.2, 0.25) is 0 Å². The van der Waals surface area contributed by atoms with Crippen molar-refractivity contribution in [3.05, 3.63) is 25.3 Å². The van der Waals surface area contributed by atoms with Crippen molar-refractivity contribution in [2.45, 2.75) is 6.35 Å². The first-order valence-electron chi connectivity index (χ1n) is 3.52. The second-order valence-corrected chi connectivity index (χ2v) is 2.04. The normalized spacial score (nSPS) is 9.08. The fourth-order valence-electron chi connectivity index (χ4n) is 0.530. The zero-order chi connectivity index (χ0) is 10.3. The van der Waals surface area contributed by atoms with Crippen molar-refractivity contribution in [3.8, 4) is 0 Å². The molecule has 2 amide bonds. The van der Waals surface area contributed by atoms with E-state index in [-0.39, 0.29) is 0 Å². The summed E-state index contributed by atoms with van der Waals surface area (Å²) in [4.78, 5) is 21.5. The van der Waals surface area contributed by atoms with Gasteiger partial charge in [-0.05, 0) is 12.2 Å². The van der Waals surface area contributed by atoms with Gasteiger partial charge in [-0.3, -0.25) is 9.59 Å². The van der Waals surface area contributed by atoms with E-state index >= 15 is 0 Å². The van der Waals surface area contributed by atoms with Gasteiger partial charge in [0.25, 0.3) is 0 Å². The number of methoxy groups -OCH3 is 1. The highest BCUT2D eigenvalue weighted by molar-refractivity contribution is 5.89. The van der Waals surface area contributed by atoms with E-state index in [4.69, 9.17) is 4.74 Å². The van der Waals surface area contributed by atoms with Crippen LogP contribution in [-0.4, -0.2) is 25.3 Å². The lowest BCUT2D eigenvalue weighted by Crippen LogP contribution is -2.48. The number of hydrogen-bond donors (Lipinski definition) is 2. The molecule has 0 radical (unpaired) electrons. The molecular formula is C8H12N2O3. The molecule has 0 heterocycles. The van der Waals surface area contributed by atoms with Gasteiger partial charge in [0, 0.05) is 7.11 Å². The van der Waals surface area contributed by atoms with Gasteiger partial charge in [0.15, 0.2) is 0 Å². The lowest BCUT2D eigenvalue weighted by Gasteiger charge is -2.16.